The van der Waals surface area contributed by atoms with Crippen LogP contribution in [-0.2, 0) is 4.79 Å². The van der Waals surface area contributed by atoms with E-state index in [1.165, 1.54) is 17.8 Å². The van der Waals surface area contributed by atoms with Crippen LogP contribution in [0.15, 0.2) is 29.2 Å². The Balaban J connectivity index is 1.83. The summed E-state index contributed by atoms with van der Waals surface area (Å²) in [6, 6.07) is 6.46. The van der Waals surface area contributed by atoms with E-state index < -0.39 is 0 Å². The van der Waals surface area contributed by atoms with Gasteiger partial charge in [0.1, 0.15) is 5.82 Å². The molecular weight excluding hydrogens is 253 g/mol. The Bertz CT molecular complexity index is 419. The maximum Gasteiger partial charge on any atom is 0.232 e. The molecule has 1 aromatic rings. The third-order valence-electron chi connectivity index (χ3n) is 3.00. The number of hydrogen-bond donors (Lipinski definition) is 1. The van der Waals surface area contributed by atoms with E-state index in [-0.39, 0.29) is 23.6 Å². The Hall–Kier alpha value is -1.07. The van der Waals surface area contributed by atoms with Gasteiger partial charge >= 0.3 is 0 Å². The first-order chi connectivity index (χ1) is 8.66. The van der Waals surface area contributed by atoms with Crippen molar-refractivity contribution in [3.05, 3.63) is 30.1 Å². The van der Waals surface area contributed by atoms with Gasteiger partial charge in [-0.15, -0.1) is 11.8 Å². The number of rotatable bonds is 3. The van der Waals surface area contributed by atoms with E-state index in [9.17, 15) is 14.3 Å². The predicted octanol–water partition coefficient (Wildman–Crippen LogP) is 1.90. The molecule has 0 spiro atoms. The van der Waals surface area contributed by atoms with E-state index in [4.69, 9.17) is 0 Å². The summed E-state index contributed by atoms with van der Waals surface area (Å²) in [4.78, 5) is 14.1. The molecular formula is C13H16FNO2S. The summed E-state index contributed by atoms with van der Waals surface area (Å²) in [5, 5.41) is 9.36. The van der Waals surface area contributed by atoms with Gasteiger partial charge in [0.05, 0.1) is 11.9 Å². The van der Waals surface area contributed by atoms with Crippen molar-refractivity contribution in [1.29, 1.82) is 0 Å². The van der Waals surface area contributed by atoms with E-state index in [2.05, 4.69) is 0 Å². The highest BCUT2D eigenvalue weighted by atomic mass is 32.2. The van der Waals surface area contributed by atoms with Crippen molar-refractivity contribution in [2.24, 2.45) is 0 Å². The number of aliphatic hydroxyl groups excluding tert-OH is 1. The van der Waals surface area contributed by atoms with Crippen molar-refractivity contribution in [2.45, 2.75) is 23.8 Å². The van der Waals surface area contributed by atoms with Crippen molar-refractivity contribution >= 4 is 17.7 Å². The summed E-state index contributed by atoms with van der Waals surface area (Å²) < 4.78 is 13.4. The monoisotopic (exact) mass is 269 g/mol. The second-order valence-electron chi connectivity index (χ2n) is 4.33. The fraction of sp³-hybridized carbons (Fsp3) is 0.462. The second kappa shape index (κ2) is 6.20. The summed E-state index contributed by atoms with van der Waals surface area (Å²) in [6.45, 7) is 1.19. The zero-order valence-corrected chi connectivity index (χ0v) is 10.8. The highest BCUT2D eigenvalue weighted by Crippen LogP contribution is 2.22. The smallest absolute Gasteiger partial charge is 0.232 e. The number of aliphatic hydroxyl groups is 1. The Kier molecular flexibility index (Phi) is 4.60. The van der Waals surface area contributed by atoms with E-state index in [1.807, 2.05) is 0 Å². The Morgan fingerprint density at radius 3 is 2.72 bits per heavy atom. The van der Waals surface area contributed by atoms with E-state index in [0.717, 1.165) is 0 Å². The lowest BCUT2D eigenvalue weighted by atomic mass is 10.1. The Labute approximate surface area is 110 Å². The normalized spacial score (nSPS) is 16.9. The largest absolute Gasteiger partial charge is 0.393 e. The SMILES string of the molecule is O=C(CSc1ccccc1F)N1CCC(O)CC1. The maximum atomic E-state index is 13.4. The number of amides is 1. The fourth-order valence-corrected chi connectivity index (χ4v) is 2.75. The molecule has 0 bridgehead atoms. The Morgan fingerprint density at radius 2 is 2.06 bits per heavy atom. The highest BCUT2D eigenvalue weighted by Gasteiger charge is 2.21. The van der Waals surface area contributed by atoms with Gasteiger partial charge in [-0.3, -0.25) is 4.79 Å². The molecule has 0 unspecified atom stereocenters. The first kappa shape index (κ1) is 13.4. The van der Waals surface area contributed by atoms with Gasteiger partial charge in [0, 0.05) is 18.0 Å². The number of likely N-dealkylation sites (tertiary alicyclic amines) is 1. The van der Waals surface area contributed by atoms with Gasteiger partial charge in [-0.2, -0.15) is 0 Å². The van der Waals surface area contributed by atoms with Gasteiger partial charge < -0.3 is 10.0 Å². The summed E-state index contributed by atoms with van der Waals surface area (Å²) in [6.07, 6.45) is 0.986. The van der Waals surface area contributed by atoms with Crippen LogP contribution in [0.25, 0.3) is 0 Å². The first-order valence-corrected chi connectivity index (χ1v) is 6.98. The summed E-state index contributed by atoms with van der Waals surface area (Å²) in [5.74, 6) is -0.0312. The molecule has 1 fully saturated rings. The molecule has 1 N–H and O–H groups in total. The molecule has 5 heteroatoms. The number of carbonyl (C=O) groups excluding carboxylic acids is 1. The van der Waals surface area contributed by atoms with Gasteiger partial charge in [-0.1, -0.05) is 12.1 Å². The van der Waals surface area contributed by atoms with Gasteiger partial charge in [0.2, 0.25) is 5.91 Å². The third kappa shape index (κ3) is 3.46. The standard InChI is InChI=1S/C13H16FNO2S/c14-11-3-1-2-4-12(11)18-9-13(17)15-7-5-10(16)6-8-15/h1-4,10,16H,5-9H2. The van der Waals surface area contributed by atoms with Gasteiger partial charge in [-0.25, -0.2) is 4.39 Å². The minimum Gasteiger partial charge on any atom is -0.393 e. The number of piperidine rings is 1. The van der Waals surface area contributed by atoms with Crippen LogP contribution in [0.3, 0.4) is 0 Å². The molecule has 0 aliphatic carbocycles. The van der Waals surface area contributed by atoms with Crippen molar-refractivity contribution < 1.29 is 14.3 Å². The molecule has 1 heterocycles. The van der Waals surface area contributed by atoms with Crippen LogP contribution in [0.2, 0.25) is 0 Å². The average molecular weight is 269 g/mol. The summed E-state index contributed by atoms with van der Waals surface area (Å²) in [7, 11) is 0. The number of thioether (sulfide) groups is 1. The topological polar surface area (TPSA) is 40.5 Å². The summed E-state index contributed by atoms with van der Waals surface area (Å²) in [5.41, 5.74) is 0. The quantitative estimate of drug-likeness (QED) is 0.852. The number of hydrogen-bond acceptors (Lipinski definition) is 3. The molecule has 0 saturated carbocycles. The lowest BCUT2D eigenvalue weighted by Crippen LogP contribution is -2.40. The maximum absolute atomic E-state index is 13.4. The molecule has 1 amide bonds. The minimum atomic E-state index is -0.288. The van der Waals surface area contributed by atoms with Crippen LogP contribution < -0.4 is 0 Å². The third-order valence-corrected chi connectivity index (χ3v) is 4.04. The number of carbonyl (C=O) groups is 1. The molecule has 98 valence electrons. The molecule has 1 saturated heterocycles. The lowest BCUT2D eigenvalue weighted by Gasteiger charge is -2.29. The second-order valence-corrected chi connectivity index (χ2v) is 5.35. The zero-order chi connectivity index (χ0) is 13.0. The molecule has 1 aliphatic rings. The molecule has 1 aromatic carbocycles. The van der Waals surface area contributed by atoms with Crippen molar-refractivity contribution in [2.75, 3.05) is 18.8 Å². The van der Waals surface area contributed by atoms with Crippen molar-refractivity contribution in [3.63, 3.8) is 0 Å². The van der Waals surface area contributed by atoms with Crippen LogP contribution in [0.1, 0.15) is 12.8 Å². The molecule has 1 aliphatic heterocycles. The van der Waals surface area contributed by atoms with Gasteiger partial charge in [0.25, 0.3) is 0 Å². The van der Waals surface area contributed by atoms with Crippen LogP contribution in [0.5, 0.6) is 0 Å². The molecule has 2 rings (SSSR count). The van der Waals surface area contributed by atoms with Crippen molar-refractivity contribution in [3.8, 4) is 0 Å². The number of halogens is 1. The average Bonchev–Trinajstić information content (AvgIpc) is 2.38. The Morgan fingerprint density at radius 1 is 1.39 bits per heavy atom. The van der Waals surface area contributed by atoms with Crippen LogP contribution in [0, 0.1) is 5.82 Å². The molecule has 0 radical (unpaired) electrons. The van der Waals surface area contributed by atoms with Gasteiger partial charge in [-0.05, 0) is 25.0 Å². The summed E-state index contributed by atoms with van der Waals surface area (Å²) >= 11 is 1.22. The molecule has 0 atom stereocenters. The van der Waals surface area contributed by atoms with Crippen molar-refractivity contribution in [1.82, 2.24) is 4.90 Å². The lowest BCUT2D eigenvalue weighted by molar-refractivity contribution is -0.130. The van der Waals surface area contributed by atoms with Gasteiger partial charge in [0.15, 0.2) is 0 Å². The first-order valence-electron chi connectivity index (χ1n) is 6.00. The molecule has 0 aromatic heterocycles. The molecule has 18 heavy (non-hydrogen) atoms. The van der Waals surface area contributed by atoms with E-state index >= 15 is 0 Å². The molecule has 3 nitrogen and oxygen atoms in total. The van der Waals surface area contributed by atoms with Crippen LogP contribution in [-0.4, -0.2) is 40.9 Å². The number of benzene rings is 1. The fourth-order valence-electron chi connectivity index (χ4n) is 1.91. The van der Waals surface area contributed by atoms with Crippen LogP contribution in [0.4, 0.5) is 4.39 Å². The minimum absolute atomic E-state index is 0.00940. The number of nitrogens with zero attached hydrogens (tertiary/aromatic N) is 1. The zero-order valence-electron chi connectivity index (χ0n) is 10.0. The predicted molar refractivity (Wildman–Crippen MR) is 68.9 cm³/mol. The highest BCUT2D eigenvalue weighted by molar-refractivity contribution is 8.00. The van der Waals surface area contributed by atoms with Crippen LogP contribution >= 0.6 is 11.8 Å². The van der Waals surface area contributed by atoms with E-state index in [1.54, 1.807) is 23.1 Å². The van der Waals surface area contributed by atoms with E-state index in [0.29, 0.717) is 30.8 Å².